The SMILES string of the molecule is Cc1[nH]c2cccnc2c1C(=O)c1ccc(Cl)cc1Cl. The van der Waals surface area contributed by atoms with E-state index < -0.39 is 0 Å². The summed E-state index contributed by atoms with van der Waals surface area (Å²) < 4.78 is 0. The molecular weight excluding hydrogens is 295 g/mol. The fraction of sp³-hybridized carbons (Fsp3) is 0.0667. The molecule has 0 spiro atoms. The molecule has 2 heterocycles. The van der Waals surface area contributed by atoms with Gasteiger partial charge >= 0.3 is 0 Å². The summed E-state index contributed by atoms with van der Waals surface area (Å²) in [7, 11) is 0. The zero-order valence-electron chi connectivity index (χ0n) is 10.6. The number of ketones is 1. The maximum Gasteiger partial charge on any atom is 0.198 e. The van der Waals surface area contributed by atoms with Gasteiger partial charge in [0.1, 0.15) is 0 Å². The second kappa shape index (κ2) is 4.93. The number of carbonyl (C=O) groups is 1. The Morgan fingerprint density at radius 3 is 2.80 bits per heavy atom. The van der Waals surface area contributed by atoms with Gasteiger partial charge in [-0.25, -0.2) is 0 Å². The molecule has 0 aliphatic rings. The van der Waals surface area contributed by atoms with Crippen LogP contribution in [0, 0.1) is 6.92 Å². The van der Waals surface area contributed by atoms with Crippen molar-refractivity contribution in [3.63, 3.8) is 0 Å². The molecule has 0 unspecified atom stereocenters. The average Bonchev–Trinajstić information content (AvgIpc) is 2.73. The Morgan fingerprint density at radius 1 is 1.25 bits per heavy atom. The van der Waals surface area contributed by atoms with E-state index in [1.807, 2.05) is 19.1 Å². The zero-order valence-corrected chi connectivity index (χ0v) is 12.1. The maximum absolute atomic E-state index is 12.7. The van der Waals surface area contributed by atoms with Crippen molar-refractivity contribution in [2.45, 2.75) is 6.92 Å². The van der Waals surface area contributed by atoms with Crippen molar-refractivity contribution < 1.29 is 4.79 Å². The minimum Gasteiger partial charge on any atom is -0.357 e. The molecule has 0 aliphatic heterocycles. The van der Waals surface area contributed by atoms with Gasteiger partial charge in [0.05, 0.1) is 21.6 Å². The van der Waals surface area contributed by atoms with Crippen LogP contribution in [0.1, 0.15) is 21.6 Å². The molecule has 0 atom stereocenters. The molecule has 0 bridgehead atoms. The summed E-state index contributed by atoms with van der Waals surface area (Å²) in [6.07, 6.45) is 1.66. The lowest BCUT2D eigenvalue weighted by atomic mass is 10.0. The molecule has 1 aromatic carbocycles. The van der Waals surface area contributed by atoms with Crippen LogP contribution in [0.25, 0.3) is 11.0 Å². The normalized spacial score (nSPS) is 10.9. The molecule has 0 saturated carbocycles. The van der Waals surface area contributed by atoms with Gasteiger partial charge in [-0.15, -0.1) is 0 Å². The Hall–Kier alpha value is -1.84. The molecule has 20 heavy (non-hydrogen) atoms. The summed E-state index contributed by atoms with van der Waals surface area (Å²) in [6.45, 7) is 1.85. The quantitative estimate of drug-likeness (QED) is 0.713. The highest BCUT2D eigenvalue weighted by Gasteiger charge is 2.20. The van der Waals surface area contributed by atoms with Gasteiger partial charge in [-0.2, -0.15) is 0 Å². The molecule has 0 amide bonds. The summed E-state index contributed by atoms with van der Waals surface area (Å²) in [5.41, 5.74) is 3.23. The Morgan fingerprint density at radius 2 is 2.05 bits per heavy atom. The highest BCUT2D eigenvalue weighted by atomic mass is 35.5. The third kappa shape index (κ3) is 2.09. The minimum absolute atomic E-state index is 0.158. The lowest BCUT2D eigenvalue weighted by molar-refractivity contribution is 0.104. The first-order valence-electron chi connectivity index (χ1n) is 6.01. The van der Waals surface area contributed by atoms with Gasteiger partial charge in [0.25, 0.3) is 0 Å². The van der Waals surface area contributed by atoms with Gasteiger partial charge < -0.3 is 4.98 Å². The van der Waals surface area contributed by atoms with E-state index in [1.54, 1.807) is 24.4 Å². The molecule has 2 aromatic heterocycles. The smallest absolute Gasteiger partial charge is 0.198 e. The molecule has 3 aromatic rings. The maximum atomic E-state index is 12.7. The first-order valence-corrected chi connectivity index (χ1v) is 6.76. The van der Waals surface area contributed by atoms with E-state index in [-0.39, 0.29) is 5.78 Å². The van der Waals surface area contributed by atoms with E-state index in [1.165, 1.54) is 0 Å². The van der Waals surface area contributed by atoms with Gasteiger partial charge in [0.15, 0.2) is 5.78 Å². The van der Waals surface area contributed by atoms with Crippen LogP contribution in [0.2, 0.25) is 10.0 Å². The average molecular weight is 305 g/mol. The van der Waals surface area contributed by atoms with Crippen LogP contribution >= 0.6 is 23.2 Å². The summed E-state index contributed by atoms with van der Waals surface area (Å²) >= 11 is 12.0. The first kappa shape index (κ1) is 13.2. The van der Waals surface area contributed by atoms with Crippen molar-refractivity contribution in [1.29, 1.82) is 0 Å². The van der Waals surface area contributed by atoms with Crippen molar-refractivity contribution >= 4 is 40.0 Å². The van der Waals surface area contributed by atoms with E-state index in [0.29, 0.717) is 26.7 Å². The number of nitrogens with zero attached hydrogens (tertiary/aromatic N) is 1. The van der Waals surface area contributed by atoms with Crippen molar-refractivity contribution in [1.82, 2.24) is 9.97 Å². The van der Waals surface area contributed by atoms with E-state index in [2.05, 4.69) is 9.97 Å². The number of rotatable bonds is 2. The number of carbonyl (C=O) groups excluding carboxylic acids is 1. The third-order valence-corrected chi connectivity index (χ3v) is 3.69. The number of aromatic nitrogens is 2. The fourth-order valence-electron chi connectivity index (χ4n) is 2.23. The van der Waals surface area contributed by atoms with Gasteiger partial charge in [0.2, 0.25) is 0 Å². The van der Waals surface area contributed by atoms with Crippen LogP contribution in [0.4, 0.5) is 0 Å². The van der Waals surface area contributed by atoms with Gasteiger partial charge in [-0.3, -0.25) is 9.78 Å². The molecule has 100 valence electrons. The third-order valence-electron chi connectivity index (χ3n) is 3.14. The topological polar surface area (TPSA) is 45.8 Å². The van der Waals surface area contributed by atoms with Crippen LogP contribution in [-0.2, 0) is 0 Å². The van der Waals surface area contributed by atoms with Gasteiger partial charge in [-0.05, 0) is 37.3 Å². The molecule has 3 nitrogen and oxygen atoms in total. The molecule has 1 N–H and O–H groups in total. The summed E-state index contributed by atoms with van der Waals surface area (Å²) in [5.74, 6) is -0.158. The number of pyridine rings is 1. The van der Waals surface area contributed by atoms with Crippen molar-refractivity contribution in [3.8, 4) is 0 Å². The Kier molecular flexibility index (Phi) is 3.24. The van der Waals surface area contributed by atoms with Crippen molar-refractivity contribution in [3.05, 3.63) is 63.4 Å². The number of halogens is 2. The minimum atomic E-state index is -0.158. The summed E-state index contributed by atoms with van der Waals surface area (Å²) in [4.78, 5) is 20.1. The van der Waals surface area contributed by atoms with Crippen molar-refractivity contribution in [2.24, 2.45) is 0 Å². The second-order valence-electron chi connectivity index (χ2n) is 4.48. The fourth-order valence-corrected chi connectivity index (χ4v) is 2.73. The summed E-state index contributed by atoms with van der Waals surface area (Å²) in [5, 5.41) is 0.840. The Balaban J connectivity index is 2.20. The van der Waals surface area contributed by atoms with Crippen LogP contribution in [0.15, 0.2) is 36.5 Å². The highest BCUT2D eigenvalue weighted by Crippen LogP contribution is 2.27. The van der Waals surface area contributed by atoms with Gasteiger partial charge in [-0.1, -0.05) is 23.2 Å². The molecule has 0 fully saturated rings. The highest BCUT2D eigenvalue weighted by molar-refractivity contribution is 6.38. The largest absolute Gasteiger partial charge is 0.357 e. The molecule has 5 heteroatoms. The number of fused-ring (bicyclic) bond motifs is 1. The van der Waals surface area contributed by atoms with Crippen LogP contribution in [0.5, 0.6) is 0 Å². The molecule has 0 aliphatic carbocycles. The summed E-state index contributed by atoms with van der Waals surface area (Å²) in [6, 6.07) is 8.55. The van der Waals surface area contributed by atoms with Crippen LogP contribution in [0.3, 0.4) is 0 Å². The van der Waals surface area contributed by atoms with E-state index in [4.69, 9.17) is 23.2 Å². The molecule has 0 radical (unpaired) electrons. The standard InChI is InChI=1S/C15H10Cl2N2O/c1-8-13(14-12(19-8)3-2-6-18-14)15(20)10-5-4-9(16)7-11(10)17/h2-7,19H,1H3. The Bertz CT molecular complexity index is 824. The van der Waals surface area contributed by atoms with E-state index in [9.17, 15) is 4.79 Å². The number of hydrogen-bond donors (Lipinski definition) is 1. The number of H-pyrrole nitrogens is 1. The zero-order chi connectivity index (χ0) is 14.3. The predicted octanol–water partition coefficient (Wildman–Crippen LogP) is 4.41. The number of hydrogen-bond acceptors (Lipinski definition) is 2. The van der Waals surface area contributed by atoms with Crippen LogP contribution < -0.4 is 0 Å². The van der Waals surface area contributed by atoms with Gasteiger partial charge in [0, 0.05) is 22.5 Å². The van der Waals surface area contributed by atoms with E-state index in [0.717, 1.165) is 11.2 Å². The Labute approximate surface area is 125 Å². The lowest BCUT2D eigenvalue weighted by Gasteiger charge is -2.04. The second-order valence-corrected chi connectivity index (χ2v) is 5.32. The number of aryl methyl sites for hydroxylation is 1. The molecule has 0 saturated heterocycles. The first-order chi connectivity index (χ1) is 9.58. The van der Waals surface area contributed by atoms with Crippen LogP contribution in [-0.4, -0.2) is 15.8 Å². The number of nitrogens with one attached hydrogen (secondary N) is 1. The monoisotopic (exact) mass is 304 g/mol. The molecular formula is C15H10Cl2N2O. The van der Waals surface area contributed by atoms with Crippen molar-refractivity contribution in [2.75, 3.05) is 0 Å². The van der Waals surface area contributed by atoms with E-state index >= 15 is 0 Å². The number of aromatic amines is 1. The number of benzene rings is 1. The molecule has 3 rings (SSSR count). The predicted molar refractivity (Wildman–Crippen MR) is 80.7 cm³/mol. The lowest BCUT2D eigenvalue weighted by Crippen LogP contribution is -2.04.